The summed E-state index contributed by atoms with van der Waals surface area (Å²) in [7, 11) is 0. The zero-order valence-corrected chi connectivity index (χ0v) is 13.9. The molecule has 1 rings (SSSR count). The van der Waals surface area contributed by atoms with Gasteiger partial charge in [0.2, 0.25) is 0 Å². The van der Waals surface area contributed by atoms with Crippen LogP contribution >= 0.6 is 0 Å². The molecule has 0 aliphatic heterocycles. The van der Waals surface area contributed by atoms with Crippen LogP contribution in [0.2, 0.25) is 0 Å². The van der Waals surface area contributed by atoms with E-state index in [1.807, 2.05) is 0 Å². The Morgan fingerprint density at radius 1 is 0.958 bits per heavy atom. The van der Waals surface area contributed by atoms with Crippen molar-refractivity contribution in [3.05, 3.63) is 35.1 Å². The molecule has 0 aliphatic carbocycles. The predicted octanol–water partition coefficient (Wildman–Crippen LogP) is 6.14. The highest BCUT2D eigenvalue weighted by Crippen LogP contribution is 2.30. The van der Waals surface area contributed by atoms with Crippen LogP contribution in [0.4, 0.5) is 17.6 Å². The molecule has 1 aromatic rings. The molecule has 0 aromatic heterocycles. The molecule has 2 nitrogen and oxygen atoms in total. The number of alkyl halides is 3. The number of rotatable bonds is 10. The third-order valence-corrected chi connectivity index (χ3v) is 3.69. The van der Waals surface area contributed by atoms with E-state index >= 15 is 0 Å². The molecule has 0 aliphatic rings. The van der Waals surface area contributed by atoms with Crippen LogP contribution in [-0.2, 0) is 10.9 Å². The number of unbranched alkanes of at least 4 members (excludes halogenated alkanes) is 7. The number of halogens is 4. The molecule has 0 N–H and O–H groups in total. The second-order valence-corrected chi connectivity index (χ2v) is 5.84. The van der Waals surface area contributed by atoms with Gasteiger partial charge < -0.3 is 4.74 Å². The Balaban J connectivity index is 2.32. The van der Waals surface area contributed by atoms with Gasteiger partial charge in [-0.25, -0.2) is 9.18 Å². The van der Waals surface area contributed by atoms with Gasteiger partial charge in [-0.2, -0.15) is 13.2 Å². The summed E-state index contributed by atoms with van der Waals surface area (Å²) in [6.07, 6.45) is 3.89. The second kappa shape index (κ2) is 10.3. The van der Waals surface area contributed by atoms with Gasteiger partial charge in [0, 0.05) is 0 Å². The third kappa shape index (κ3) is 7.79. The van der Waals surface area contributed by atoms with E-state index in [9.17, 15) is 22.4 Å². The van der Waals surface area contributed by atoms with E-state index in [2.05, 4.69) is 6.92 Å². The summed E-state index contributed by atoms with van der Waals surface area (Å²) in [5.74, 6) is -2.04. The monoisotopic (exact) mass is 348 g/mol. The molecule has 0 fully saturated rings. The van der Waals surface area contributed by atoms with E-state index in [0.717, 1.165) is 25.3 Å². The van der Waals surface area contributed by atoms with Gasteiger partial charge in [-0.3, -0.25) is 0 Å². The summed E-state index contributed by atoms with van der Waals surface area (Å²) in [6, 6.07) is 1.72. The van der Waals surface area contributed by atoms with E-state index in [1.54, 1.807) is 0 Å². The Morgan fingerprint density at radius 2 is 1.54 bits per heavy atom. The minimum absolute atomic E-state index is 0.131. The topological polar surface area (TPSA) is 26.3 Å². The highest BCUT2D eigenvalue weighted by molar-refractivity contribution is 5.89. The fraction of sp³-hybridized carbons (Fsp3) is 0.611. The maximum absolute atomic E-state index is 13.2. The molecule has 1 aromatic carbocycles. The number of carbonyl (C=O) groups is 1. The SMILES string of the molecule is CCCCCCCCCCOC(=O)c1cc(F)cc(C(F)(F)F)c1. The van der Waals surface area contributed by atoms with Crippen molar-refractivity contribution >= 4 is 5.97 Å². The van der Waals surface area contributed by atoms with Gasteiger partial charge in [0.05, 0.1) is 17.7 Å². The normalized spacial score (nSPS) is 11.5. The molecule has 0 radical (unpaired) electrons. The first-order chi connectivity index (χ1) is 11.3. The van der Waals surface area contributed by atoms with Crippen LogP contribution in [0.3, 0.4) is 0 Å². The quantitative estimate of drug-likeness (QED) is 0.288. The smallest absolute Gasteiger partial charge is 0.416 e. The van der Waals surface area contributed by atoms with Crippen LogP contribution in [0.25, 0.3) is 0 Å². The van der Waals surface area contributed by atoms with Crippen LogP contribution in [0.1, 0.15) is 74.2 Å². The summed E-state index contributed by atoms with van der Waals surface area (Å²) in [5.41, 5.74) is -1.61. The summed E-state index contributed by atoms with van der Waals surface area (Å²) in [4.78, 5) is 11.7. The lowest BCUT2D eigenvalue weighted by molar-refractivity contribution is -0.137. The first-order valence-electron chi connectivity index (χ1n) is 8.39. The van der Waals surface area contributed by atoms with Gasteiger partial charge in [-0.15, -0.1) is 0 Å². The van der Waals surface area contributed by atoms with Gasteiger partial charge in [0.25, 0.3) is 0 Å². The summed E-state index contributed by atoms with van der Waals surface area (Å²) < 4.78 is 55.9. The van der Waals surface area contributed by atoms with Crippen molar-refractivity contribution < 1.29 is 27.1 Å². The average molecular weight is 348 g/mol. The number of hydrogen-bond donors (Lipinski definition) is 0. The highest BCUT2D eigenvalue weighted by atomic mass is 19.4. The zero-order valence-electron chi connectivity index (χ0n) is 13.9. The molecule has 0 saturated heterocycles. The lowest BCUT2D eigenvalue weighted by atomic mass is 10.1. The fourth-order valence-corrected chi connectivity index (χ4v) is 2.36. The summed E-state index contributed by atoms with van der Waals surface area (Å²) >= 11 is 0. The van der Waals surface area contributed by atoms with E-state index in [4.69, 9.17) is 4.74 Å². The molecule has 0 amide bonds. The third-order valence-electron chi connectivity index (χ3n) is 3.69. The molecular formula is C18H24F4O2. The lowest BCUT2D eigenvalue weighted by Crippen LogP contribution is -2.11. The number of esters is 1. The largest absolute Gasteiger partial charge is 0.462 e. The molecule has 136 valence electrons. The minimum Gasteiger partial charge on any atom is -0.462 e. The first-order valence-corrected chi connectivity index (χ1v) is 8.39. The number of benzene rings is 1. The molecule has 6 heteroatoms. The summed E-state index contributed by atoms with van der Waals surface area (Å²) in [6.45, 7) is 2.29. The van der Waals surface area contributed by atoms with Gasteiger partial charge in [-0.1, -0.05) is 51.9 Å². The Kier molecular flexibility index (Phi) is 8.79. The standard InChI is InChI=1S/C18H24F4O2/c1-2-3-4-5-6-7-8-9-10-24-17(23)14-11-15(18(20,21)22)13-16(19)12-14/h11-13H,2-10H2,1H3. The maximum atomic E-state index is 13.2. The number of ether oxygens (including phenoxy) is 1. The van der Waals surface area contributed by atoms with Gasteiger partial charge in [0.15, 0.2) is 0 Å². The van der Waals surface area contributed by atoms with Crippen molar-refractivity contribution in [2.24, 2.45) is 0 Å². The predicted molar refractivity (Wildman–Crippen MR) is 84.3 cm³/mol. The lowest BCUT2D eigenvalue weighted by Gasteiger charge is -2.09. The van der Waals surface area contributed by atoms with Crippen molar-refractivity contribution in [3.8, 4) is 0 Å². The van der Waals surface area contributed by atoms with Crippen LogP contribution < -0.4 is 0 Å². The van der Waals surface area contributed by atoms with Crippen molar-refractivity contribution in [1.82, 2.24) is 0 Å². The van der Waals surface area contributed by atoms with E-state index < -0.39 is 29.1 Å². The van der Waals surface area contributed by atoms with Crippen molar-refractivity contribution in [2.75, 3.05) is 6.61 Å². The van der Waals surface area contributed by atoms with E-state index in [-0.39, 0.29) is 6.61 Å². The molecular weight excluding hydrogens is 324 g/mol. The van der Waals surface area contributed by atoms with E-state index in [1.165, 1.54) is 25.7 Å². The zero-order chi connectivity index (χ0) is 18.0. The number of hydrogen-bond acceptors (Lipinski definition) is 2. The highest BCUT2D eigenvalue weighted by Gasteiger charge is 2.32. The Hall–Kier alpha value is -1.59. The Morgan fingerprint density at radius 3 is 2.12 bits per heavy atom. The van der Waals surface area contributed by atoms with Crippen molar-refractivity contribution in [3.63, 3.8) is 0 Å². The minimum atomic E-state index is -4.70. The van der Waals surface area contributed by atoms with Crippen molar-refractivity contribution in [2.45, 2.75) is 64.5 Å². The molecule has 0 spiro atoms. The Bertz CT molecular complexity index is 512. The van der Waals surface area contributed by atoms with Crippen molar-refractivity contribution in [1.29, 1.82) is 0 Å². The van der Waals surface area contributed by atoms with Crippen LogP contribution in [-0.4, -0.2) is 12.6 Å². The molecule has 0 bridgehead atoms. The van der Waals surface area contributed by atoms with E-state index in [0.29, 0.717) is 18.6 Å². The molecule has 0 atom stereocenters. The van der Waals surface area contributed by atoms with Crippen LogP contribution in [0.15, 0.2) is 18.2 Å². The molecule has 0 unspecified atom stereocenters. The number of carbonyl (C=O) groups excluding carboxylic acids is 1. The molecule has 0 heterocycles. The van der Waals surface area contributed by atoms with Crippen LogP contribution in [0, 0.1) is 5.82 Å². The van der Waals surface area contributed by atoms with Crippen LogP contribution in [0.5, 0.6) is 0 Å². The van der Waals surface area contributed by atoms with Gasteiger partial charge >= 0.3 is 12.1 Å². The van der Waals surface area contributed by atoms with Gasteiger partial charge in [0.1, 0.15) is 5.82 Å². The Labute approximate surface area is 140 Å². The average Bonchev–Trinajstić information content (AvgIpc) is 2.51. The molecule has 0 saturated carbocycles. The fourth-order valence-electron chi connectivity index (χ4n) is 2.36. The maximum Gasteiger partial charge on any atom is 0.416 e. The molecule has 24 heavy (non-hydrogen) atoms. The summed E-state index contributed by atoms with van der Waals surface area (Å²) in [5, 5.41) is 0. The first kappa shape index (κ1) is 20.5. The second-order valence-electron chi connectivity index (χ2n) is 5.84. The van der Waals surface area contributed by atoms with Gasteiger partial charge in [-0.05, 0) is 24.6 Å².